The van der Waals surface area contributed by atoms with Crippen molar-refractivity contribution in [1.29, 1.82) is 0 Å². The molecule has 0 spiro atoms. The quantitative estimate of drug-likeness (QED) is 0.333. The van der Waals surface area contributed by atoms with Crippen molar-refractivity contribution in [1.82, 2.24) is 14.7 Å². The third-order valence-corrected chi connectivity index (χ3v) is 4.73. The first kappa shape index (κ1) is 17.5. The van der Waals surface area contributed by atoms with Crippen LogP contribution in [0.3, 0.4) is 0 Å². The van der Waals surface area contributed by atoms with Gasteiger partial charge in [-0.15, -0.1) is 0 Å². The van der Waals surface area contributed by atoms with E-state index in [9.17, 15) is 14.9 Å². The van der Waals surface area contributed by atoms with Crippen molar-refractivity contribution in [2.45, 2.75) is 32.5 Å². The van der Waals surface area contributed by atoms with Gasteiger partial charge in [-0.1, -0.05) is 0 Å². The molecule has 0 amide bonds. The molecule has 2 aliphatic rings. The first-order valence-corrected chi connectivity index (χ1v) is 8.94. The zero-order chi connectivity index (χ0) is 18.8. The minimum Gasteiger partial charge on any atom is -0.427 e. The third kappa shape index (κ3) is 4.43. The molecule has 1 aliphatic carbocycles. The number of nitrogens with zero attached hydrogens (tertiary/aromatic N) is 4. The Labute approximate surface area is 155 Å². The molecule has 0 saturated heterocycles. The van der Waals surface area contributed by atoms with E-state index in [0.717, 1.165) is 37.8 Å². The van der Waals surface area contributed by atoms with Gasteiger partial charge in [0.1, 0.15) is 18.1 Å². The normalized spacial score (nSPS) is 16.6. The number of hydrogen-bond acceptors (Lipinski definition) is 7. The summed E-state index contributed by atoms with van der Waals surface area (Å²) >= 11 is 0. The van der Waals surface area contributed by atoms with Gasteiger partial charge in [-0.05, 0) is 37.0 Å². The molecule has 0 bridgehead atoms. The van der Waals surface area contributed by atoms with E-state index in [-0.39, 0.29) is 18.0 Å². The largest absolute Gasteiger partial charge is 0.514 e. The van der Waals surface area contributed by atoms with Gasteiger partial charge in [0, 0.05) is 31.8 Å². The molecule has 0 atom stereocenters. The Morgan fingerprint density at radius 2 is 2.04 bits per heavy atom. The molecular weight excluding hydrogens is 352 g/mol. The molecule has 1 fully saturated rings. The molecular formula is C18H20N4O5. The number of nitro benzene ring substituents is 1. The van der Waals surface area contributed by atoms with E-state index in [0.29, 0.717) is 5.69 Å². The van der Waals surface area contributed by atoms with E-state index >= 15 is 0 Å². The summed E-state index contributed by atoms with van der Waals surface area (Å²) in [4.78, 5) is 24.3. The fourth-order valence-electron chi connectivity index (χ4n) is 3.17. The molecule has 27 heavy (non-hydrogen) atoms. The Hall–Kier alpha value is -2.94. The van der Waals surface area contributed by atoms with Crippen LogP contribution in [-0.4, -0.2) is 38.8 Å². The van der Waals surface area contributed by atoms with Crippen molar-refractivity contribution in [3.8, 4) is 5.75 Å². The van der Waals surface area contributed by atoms with E-state index in [1.165, 1.54) is 37.1 Å². The second kappa shape index (κ2) is 7.36. The lowest BCUT2D eigenvalue weighted by molar-refractivity contribution is -0.384. The number of carbonyl (C=O) groups is 1. The van der Waals surface area contributed by atoms with Crippen LogP contribution in [0.15, 0.2) is 30.3 Å². The average molecular weight is 372 g/mol. The van der Waals surface area contributed by atoms with Crippen LogP contribution in [0.4, 0.5) is 10.5 Å². The van der Waals surface area contributed by atoms with Gasteiger partial charge < -0.3 is 9.47 Å². The number of hydrogen-bond donors (Lipinski definition) is 0. The first-order chi connectivity index (χ1) is 13.1. The standard InChI is InChI=1S/C18H20N4O5/c23-18(27-17-5-3-15(4-6-17)22(24)25)26-12-14-9-16-11-20(10-13-1-2-13)7-8-21(16)19-14/h3-6,9,13H,1-2,7-8,10-12H2. The fourth-order valence-corrected chi connectivity index (χ4v) is 3.17. The zero-order valence-electron chi connectivity index (χ0n) is 14.7. The molecule has 142 valence electrons. The van der Waals surface area contributed by atoms with Crippen molar-refractivity contribution in [2.75, 3.05) is 13.1 Å². The van der Waals surface area contributed by atoms with E-state index in [2.05, 4.69) is 10.00 Å². The van der Waals surface area contributed by atoms with Gasteiger partial charge >= 0.3 is 6.16 Å². The summed E-state index contributed by atoms with van der Waals surface area (Å²) in [6.45, 7) is 3.88. The molecule has 2 heterocycles. The second-order valence-electron chi connectivity index (χ2n) is 6.92. The molecule has 9 heteroatoms. The highest BCUT2D eigenvalue weighted by Crippen LogP contribution is 2.30. The van der Waals surface area contributed by atoms with Crippen LogP contribution in [0, 0.1) is 16.0 Å². The SMILES string of the molecule is O=C(OCc1cc2n(n1)CCN(CC1CC1)C2)Oc1ccc([N+](=O)[O-])cc1. The van der Waals surface area contributed by atoms with Gasteiger partial charge in [-0.2, -0.15) is 5.10 Å². The Bertz CT molecular complexity index is 844. The van der Waals surface area contributed by atoms with Gasteiger partial charge in [0.2, 0.25) is 0 Å². The van der Waals surface area contributed by atoms with Crippen molar-refractivity contribution in [2.24, 2.45) is 5.92 Å². The van der Waals surface area contributed by atoms with Gasteiger partial charge in [0.15, 0.2) is 0 Å². The summed E-state index contributed by atoms with van der Waals surface area (Å²) in [5.41, 5.74) is 1.73. The number of nitro groups is 1. The summed E-state index contributed by atoms with van der Waals surface area (Å²) < 4.78 is 12.1. The molecule has 1 aromatic carbocycles. The van der Waals surface area contributed by atoms with E-state index in [1.807, 2.05) is 10.7 Å². The molecule has 1 aromatic heterocycles. The van der Waals surface area contributed by atoms with E-state index < -0.39 is 11.1 Å². The van der Waals surface area contributed by atoms with E-state index in [4.69, 9.17) is 9.47 Å². The molecule has 2 aromatic rings. The van der Waals surface area contributed by atoms with Crippen molar-refractivity contribution in [3.63, 3.8) is 0 Å². The average Bonchev–Trinajstić information content (AvgIpc) is 3.37. The minimum atomic E-state index is -0.870. The molecule has 0 unspecified atom stereocenters. The van der Waals surface area contributed by atoms with Crippen molar-refractivity contribution < 1.29 is 19.2 Å². The predicted octanol–water partition coefficient (Wildman–Crippen LogP) is 2.73. The number of rotatable bonds is 6. The Kier molecular flexibility index (Phi) is 4.76. The lowest BCUT2D eigenvalue weighted by Crippen LogP contribution is -2.35. The topological polar surface area (TPSA) is 99.7 Å². The minimum absolute atomic E-state index is 0.0223. The smallest absolute Gasteiger partial charge is 0.427 e. The van der Waals surface area contributed by atoms with Crippen LogP contribution in [0.5, 0.6) is 5.75 Å². The lowest BCUT2D eigenvalue weighted by Gasteiger charge is -2.27. The van der Waals surface area contributed by atoms with Crippen LogP contribution in [0.25, 0.3) is 0 Å². The molecule has 1 saturated carbocycles. The molecule has 0 N–H and O–H groups in total. The molecule has 9 nitrogen and oxygen atoms in total. The third-order valence-electron chi connectivity index (χ3n) is 4.73. The summed E-state index contributed by atoms with van der Waals surface area (Å²) in [7, 11) is 0. The number of aromatic nitrogens is 2. The van der Waals surface area contributed by atoms with Crippen LogP contribution >= 0.6 is 0 Å². The monoisotopic (exact) mass is 372 g/mol. The fraction of sp³-hybridized carbons (Fsp3) is 0.444. The summed E-state index contributed by atoms with van der Waals surface area (Å²) in [5, 5.41) is 15.1. The Balaban J connectivity index is 1.28. The summed E-state index contributed by atoms with van der Waals surface area (Å²) in [6.07, 6.45) is 1.81. The summed E-state index contributed by atoms with van der Waals surface area (Å²) in [5.74, 6) is 1.04. The number of benzene rings is 1. The highest BCUT2D eigenvalue weighted by atomic mass is 16.7. The highest BCUT2D eigenvalue weighted by Gasteiger charge is 2.27. The lowest BCUT2D eigenvalue weighted by atomic mass is 10.2. The highest BCUT2D eigenvalue weighted by molar-refractivity contribution is 5.64. The van der Waals surface area contributed by atoms with Gasteiger partial charge in [0.05, 0.1) is 17.2 Å². The molecule has 0 radical (unpaired) electrons. The van der Waals surface area contributed by atoms with Crippen LogP contribution in [0.2, 0.25) is 0 Å². The predicted molar refractivity (Wildman–Crippen MR) is 94.1 cm³/mol. The maximum atomic E-state index is 11.8. The first-order valence-electron chi connectivity index (χ1n) is 8.94. The maximum absolute atomic E-state index is 11.8. The molecule has 4 rings (SSSR count). The summed E-state index contributed by atoms with van der Waals surface area (Å²) in [6, 6.07) is 7.18. The Morgan fingerprint density at radius 1 is 1.26 bits per heavy atom. The molecule has 1 aliphatic heterocycles. The Morgan fingerprint density at radius 3 is 2.74 bits per heavy atom. The number of carbonyl (C=O) groups excluding carboxylic acids is 1. The van der Waals surface area contributed by atoms with Crippen LogP contribution in [-0.2, 0) is 24.4 Å². The second-order valence-corrected chi connectivity index (χ2v) is 6.92. The number of ether oxygens (including phenoxy) is 2. The van der Waals surface area contributed by atoms with Gasteiger partial charge in [-0.25, -0.2) is 4.79 Å². The zero-order valence-corrected chi connectivity index (χ0v) is 14.7. The maximum Gasteiger partial charge on any atom is 0.514 e. The van der Waals surface area contributed by atoms with Crippen molar-refractivity contribution >= 4 is 11.8 Å². The van der Waals surface area contributed by atoms with Crippen LogP contribution in [0.1, 0.15) is 24.2 Å². The van der Waals surface area contributed by atoms with Crippen molar-refractivity contribution in [3.05, 3.63) is 51.8 Å². The number of non-ortho nitro benzene ring substituents is 1. The number of fused-ring (bicyclic) bond motifs is 1. The van der Waals surface area contributed by atoms with Crippen LogP contribution < -0.4 is 4.74 Å². The van der Waals surface area contributed by atoms with Gasteiger partial charge in [0.25, 0.3) is 5.69 Å². The van der Waals surface area contributed by atoms with Gasteiger partial charge in [-0.3, -0.25) is 19.7 Å². The van der Waals surface area contributed by atoms with E-state index in [1.54, 1.807) is 0 Å².